The van der Waals surface area contributed by atoms with Crippen molar-refractivity contribution in [1.29, 1.82) is 0 Å². The lowest BCUT2D eigenvalue weighted by Crippen LogP contribution is -2.44. The molecule has 2 N–H and O–H groups in total. The first-order chi connectivity index (χ1) is 10.1. The molecule has 0 bridgehead atoms. The first kappa shape index (κ1) is 18.3. The van der Waals surface area contributed by atoms with Gasteiger partial charge in [-0.15, -0.1) is 0 Å². The number of hydrogen-bond acceptors (Lipinski definition) is 2. The van der Waals surface area contributed by atoms with Crippen LogP contribution in [-0.4, -0.2) is 49.6 Å². The minimum absolute atomic E-state index is 0.454. The number of hydrogen-bond donors (Lipinski definition) is 2. The van der Waals surface area contributed by atoms with Crippen LogP contribution in [0.15, 0.2) is 4.99 Å². The van der Waals surface area contributed by atoms with Crippen molar-refractivity contribution >= 4 is 5.96 Å². The largest absolute Gasteiger partial charge is 0.357 e. The Balaban J connectivity index is 2.33. The molecule has 0 aromatic heterocycles. The van der Waals surface area contributed by atoms with E-state index in [0.29, 0.717) is 12.0 Å². The summed E-state index contributed by atoms with van der Waals surface area (Å²) in [5.41, 5.74) is 0. The van der Waals surface area contributed by atoms with Crippen molar-refractivity contribution < 1.29 is 0 Å². The minimum Gasteiger partial charge on any atom is -0.357 e. The van der Waals surface area contributed by atoms with Crippen LogP contribution in [0.2, 0.25) is 0 Å². The molecule has 0 aliphatic carbocycles. The van der Waals surface area contributed by atoms with Gasteiger partial charge in [0.25, 0.3) is 0 Å². The summed E-state index contributed by atoms with van der Waals surface area (Å²) in [6.07, 6.45) is 3.91. The third kappa shape index (κ3) is 7.16. The van der Waals surface area contributed by atoms with Gasteiger partial charge in [0.1, 0.15) is 0 Å². The van der Waals surface area contributed by atoms with Crippen LogP contribution in [0.1, 0.15) is 53.9 Å². The van der Waals surface area contributed by atoms with Crippen LogP contribution in [-0.2, 0) is 0 Å². The van der Waals surface area contributed by atoms with E-state index < -0.39 is 0 Å². The van der Waals surface area contributed by atoms with E-state index in [0.717, 1.165) is 25.0 Å². The zero-order valence-electron chi connectivity index (χ0n) is 14.8. The smallest absolute Gasteiger partial charge is 0.191 e. The van der Waals surface area contributed by atoms with E-state index in [1.54, 1.807) is 0 Å². The number of nitrogens with zero attached hydrogens (tertiary/aromatic N) is 2. The highest BCUT2D eigenvalue weighted by atomic mass is 15.2. The van der Waals surface area contributed by atoms with Crippen LogP contribution in [0.25, 0.3) is 0 Å². The fraction of sp³-hybridized carbons (Fsp3) is 0.941. The second-order valence-electron chi connectivity index (χ2n) is 6.60. The molecular weight excluding hydrogens is 260 g/mol. The summed E-state index contributed by atoms with van der Waals surface area (Å²) >= 11 is 0. The molecule has 1 unspecified atom stereocenters. The molecule has 0 aromatic carbocycles. The zero-order chi connectivity index (χ0) is 15.7. The Morgan fingerprint density at radius 2 is 1.86 bits per heavy atom. The van der Waals surface area contributed by atoms with Crippen LogP contribution in [0.3, 0.4) is 0 Å². The van der Waals surface area contributed by atoms with Crippen molar-refractivity contribution in [3.05, 3.63) is 0 Å². The molecule has 4 nitrogen and oxygen atoms in total. The number of rotatable bonds is 7. The lowest BCUT2D eigenvalue weighted by molar-refractivity contribution is 0.188. The Labute approximate surface area is 131 Å². The molecule has 0 aromatic rings. The second-order valence-corrected chi connectivity index (χ2v) is 6.60. The molecule has 0 saturated carbocycles. The van der Waals surface area contributed by atoms with E-state index in [4.69, 9.17) is 4.99 Å². The van der Waals surface area contributed by atoms with Crippen LogP contribution < -0.4 is 10.6 Å². The molecule has 21 heavy (non-hydrogen) atoms. The van der Waals surface area contributed by atoms with Crippen LogP contribution in [0.4, 0.5) is 0 Å². The predicted octanol–water partition coefficient (Wildman–Crippen LogP) is 2.71. The van der Waals surface area contributed by atoms with Crippen LogP contribution >= 0.6 is 0 Å². The first-order valence-corrected chi connectivity index (χ1v) is 8.84. The van der Waals surface area contributed by atoms with Crippen LogP contribution in [0.5, 0.6) is 0 Å². The van der Waals surface area contributed by atoms with Gasteiger partial charge in [-0.2, -0.15) is 0 Å². The maximum Gasteiger partial charge on any atom is 0.191 e. The summed E-state index contributed by atoms with van der Waals surface area (Å²) in [7, 11) is 0. The Morgan fingerprint density at radius 3 is 2.38 bits per heavy atom. The van der Waals surface area contributed by atoms with E-state index in [2.05, 4.69) is 50.2 Å². The number of nitrogens with one attached hydrogen (secondary N) is 2. The summed E-state index contributed by atoms with van der Waals surface area (Å²) in [6.45, 7) is 16.7. The van der Waals surface area contributed by atoms with Gasteiger partial charge in [-0.3, -0.25) is 4.99 Å². The van der Waals surface area contributed by atoms with Gasteiger partial charge in [-0.1, -0.05) is 20.8 Å². The monoisotopic (exact) mass is 296 g/mol. The molecule has 1 heterocycles. The molecule has 124 valence electrons. The molecule has 1 fully saturated rings. The van der Waals surface area contributed by atoms with Crippen molar-refractivity contribution in [3.8, 4) is 0 Å². The lowest BCUT2D eigenvalue weighted by atomic mass is 9.94. The molecule has 1 aliphatic heterocycles. The Bertz CT molecular complexity index is 293. The highest BCUT2D eigenvalue weighted by molar-refractivity contribution is 5.80. The normalized spacial score (nSPS) is 19.8. The summed E-state index contributed by atoms with van der Waals surface area (Å²) in [6, 6.07) is 0.454. The average molecular weight is 297 g/mol. The maximum absolute atomic E-state index is 4.75. The lowest BCUT2D eigenvalue weighted by Gasteiger charge is -2.30. The van der Waals surface area contributed by atoms with E-state index >= 15 is 0 Å². The third-order valence-electron chi connectivity index (χ3n) is 4.67. The standard InChI is InChI=1S/C17H36N4/c1-6-18-17(20-15(5)14(3)4)19-11-8-16-9-12-21(7-2)13-10-16/h14-16H,6-13H2,1-5H3,(H2,18,19,20). The molecule has 0 radical (unpaired) electrons. The van der Waals surface area contributed by atoms with Gasteiger partial charge in [-0.25, -0.2) is 0 Å². The van der Waals surface area contributed by atoms with Crippen molar-refractivity contribution in [1.82, 2.24) is 15.5 Å². The van der Waals surface area contributed by atoms with Crippen molar-refractivity contribution in [2.24, 2.45) is 16.8 Å². The highest BCUT2D eigenvalue weighted by Crippen LogP contribution is 2.20. The van der Waals surface area contributed by atoms with Crippen LogP contribution in [0, 0.1) is 11.8 Å². The molecule has 1 atom stereocenters. The SMILES string of the molecule is CCNC(=NCCC1CCN(CC)CC1)NC(C)C(C)C. The van der Waals surface area contributed by atoms with E-state index in [9.17, 15) is 0 Å². The van der Waals surface area contributed by atoms with Gasteiger partial charge in [0.15, 0.2) is 5.96 Å². The summed E-state index contributed by atoms with van der Waals surface area (Å²) in [5, 5.41) is 6.85. The van der Waals surface area contributed by atoms with E-state index in [-0.39, 0.29) is 0 Å². The van der Waals surface area contributed by atoms with Crippen molar-refractivity contribution in [2.45, 2.75) is 59.9 Å². The molecule has 0 amide bonds. The fourth-order valence-electron chi connectivity index (χ4n) is 2.65. The van der Waals surface area contributed by atoms with E-state index in [1.165, 1.54) is 38.9 Å². The molecule has 1 saturated heterocycles. The average Bonchev–Trinajstić information content (AvgIpc) is 2.48. The predicted molar refractivity (Wildman–Crippen MR) is 92.9 cm³/mol. The summed E-state index contributed by atoms with van der Waals surface area (Å²) < 4.78 is 0. The zero-order valence-corrected chi connectivity index (χ0v) is 14.8. The molecule has 1 aliphatic rings. The highest BCUT2D eigenvalue weighted by Gasteiger charge is 2.17. The minimum atomic E-state index is 0.454. The Morgan fingerprint density at radius 1 is 1.19 bits per heavy atom. The Kier molecular flexibility index (Phi) is 8.74. The van der Waals surface area contributed by atoms with Gasteiger partial charge in [0.05, 0.1) is 0 Å². The van der Waals surface area contributed by atoms with Gasteiger partial charge < -0.3 is 15.5 Å². The topological polar surface area (TPSA) is 39.7 Å². The van der Waals surface area contributed by atoms with Gasteiger partial charge in [-0.05, 0) is 64.6 Å². The van der Waals surface area contributed by atoms with Gasteiger partial charge in [0.2, 0.25) is 0 Å². The fourth-order valence-corrected chi connectivity index (χ4v) is 2.65. The van der Waals surface area contributed by atoms with Gasteiger partial charge in [0, 0.05) is 19.1 Å². The van der Waals surface area contributed by atoms with E-state index in [1.807, 2.05) is 0 Å². The molecule has 0 spiro atoms. The number of piperidine rings is 1. The molecule has 1 rings (SSSR count). The quantitative estimate of drug-likeness (QED) is 0.560. The molecular formula is C17H36N4. The number of guanidine groups is 1. The number of aliphatic imine (C=N–C) groups is 1. The number of likely N-dealkylation sites (tertiary alicyclic amines) is 1. The van der Waals surface area contributed by atoms with Crippen molar-refractivity contribution in [2.75, 3.05) is 32.7 Å². The maximum atomic E-state index is 4.75. The second kappa shape index (κ2) is 10.0. The third-order valence-corrected chi connectivity index (χ3v) is 4.67. The first-order valence-electron chi connectivity index (χ1n) is 8.84. The van der Waals surface area contributed by atoms with Crippen molar-refractivity contribution in [3.63, 3.8) is 0 Å². The van der Waals surface area contributed by atoms with Gasteiger partial charge >= 0.3 is 0 Å². The summed E-state index contributed by atoms with van der Waals surface area (Å²) in [5.74, 6) is 2.46. The Hall–Kier alpha value is -0.770. The molecule has 4 heteroatoms. The summed E-state index contributed by atoms with van der Waals surface area (Å²) in [4.78, 5) is 7.30.